The van der Waals surface area contributed by atoms with Gasteiger partial charge in [-0.2, -0.15) is 13.2 Å². The second kappa shape index (κ2) is 5.15. The van der Waals surface area contributed by atoms with Gasteiger partial charge in [-0.3, -0.25) is 4.79 Å². The van der Waals surface area contributed by atoms with Gasteiger partial charge in [-0.15, -0.1) is 0 Å². The van der Waals surface area contributed by atoms with Crippen molar-refractivity contribution in [2.75, 3.05) is 18.0 Å². The van der Waals surface area contributed by atoms with E-state index in [1.165, 1.54) is 0 Å². The SMILES string of the molecule is CC(C)N1C(=O)CN(c2ncc(C(F)(F)F)s2)CC1(C)C. The highest BCUT2D eigenvalue weighted by atomic mass is 32.1. The van der Waals surface area contributed by atoms with Gasteiger partial charge in [-0.05, 0) is 27.7 Å². The molecular formula is C13H18F3N3OS. The number of piperazine rings is 1. The zero-order valence-corrected chi connectivity index (χ0v) is 13.2. The van der Waals surface area contributed by atoms with Crippen molar-refractivity contribution in [1.29, 1.82) is 0 Å². The van der Waals surface area contributed by atoms with Crippen LogP contribution < -0.4 is 4.90 Å². The first-order valence-corrected chi connectivity index (χ1v) is 7.44. The smallest absolute Gasteiger partial charge is 0.336 e. The molecule has 8 heteroatoms. The van der Waals surface area contributed by atoms with Crippen molar-refractivity contribution in [3.8, 4) is 0 Å². The number of nitrogens with zero attached hydrogens (tertiary/aromatic N) is 3. The van der Waals surface area contributed by atoms with Gasteiger partial charge in [0.15, 0.2) is 5.13 Å². The summed E-state index contributed by atoms with van der Waals surface area (Å²) >= 11 is 0.578. The molecule has 2 rings (SSSR count). The number of carbonyl (C=O) groups excluding carboxylic acids is 1. The van der Waals surface area contributed by atoms with E-state index in [-0.39, 0.29) is 23.6 Å². The van der Waals surface area contributed by atoms with E-state index in [9.17, 15) is 18.0 Å². The standard InChI is InChI=1S/C13H18F3N3OS/c1-8(2)19-10(20)6-18(7-12(19,3)4)11-17-5-9(21-11)13(14,15)16/h5,8H,6-7H2,1-4H3. The van der Waals surface area contributed by atoms with Crippen LogP contribution >= 0.6 is 11.3 Å². The summed E-state index contributed by atoms with van der Waals surface area (Å²) in [6.45, 7) is 8.21. The number of amides is 1. The Bertz CT molecular complexity index is 539. The molecule has 0 aromatic carbocycles. The summed E-state index contributed by atoms with van der Waals surface area (Å²) in [6, 6.07) is 0.0525. The topological polar surface area (TPSA) is 36.4 Å². The fourth-order valence-electron chi connectivity index (χ4n) is 2.84. The first-order chi connectivity index (χ1) is 9.52. The molecule has 0 aliphatic carbocycles. The lowest BCUT2D eigenvalue weighted by molar-refractivity contribution is -0.139. The van der Waals surface area contributed by atoms with Crippen molar-refractivity contribution in [1.82, 2.24) is 9.88 Å². The lowest BCUT2D eigenvalue weighted by Crippen LogP contribution is -2.64. The van der Waals surface area contributed by atoms with Crippen molar-refractivity contribution < 1.29 is 18.0 Å². The Morgan fingerprint density at radius 1 is 1.38 bits per heavy atom. The second-order valence-corrected chi connectivity index (χ2v) is 7.04. The molecule has 0 N–H and O–H groups in total. The van der Waals surface area contributed by atoms with Crippen LogP contribution in [-0.4, -0.2) is 40.5 Å². The molecule has 4 nitrogen and oxygen atoms in total. The molecule has 0 saturated carbocycles. The summed E-state index contributed by atoms with van der Waals surface area (Å²) in [6.07, 6.45) is -3.57. The third kappa shape index (κ3) is 3.14. The maximum atomic E-state index is 12.6. The molecule has 118 valence electrons. The molecule has 1 aromatic heterocycles. The number of hydrogen-bond donors (Lipinski definition) is 0. The third-order valence-corrected chi connectivity index (χ3v) is 4.49. The second-order valence-electron chi connectivity index (χ2n) is 6.03. The number of rotatable bonds is 2. The van der Waals surface area contributed by atoms with E-state index in [0.717, 1.165) is 6.20 Å². The maximum absolute atomic E-state index is 12.6. The third-order valence-electron chi connectivity index (χ3n) is 3.38. The van der Waals surface area contributed by atoms with Crippen molar-refractivity contribution in [3.05, 3.63) is 11.1 Å². The lowest BCUT2D eigenvalue weighted by atomic mass is 9.97. The van der Waals surface area contributed by atoms with Gasteiger partial charge in [0.2, 0.25) is 5.91 Å². The fourth-order valence-corrected chi connectivity index (χ4v) is 3.62. The molecule has 0 unspecified atom stereocenters. The Kier molecular flexibility index (Phi) is 3.94. The molecular weight excluding hydrogens is 303 g/mol. The molecule has 0 atom stereocenters. The molecule has 1 aliphatic heterocycles. The quantitative estimate of drug-likeness (QED) is 0.840. The maximum Gasteiger partial charge on any atom is 0.427 e. The van der Waals surface area contributed by atoms with E-state index in [4.69, 9.17) is 0 Å². The van der Waals surface area contributed by atoms with Crippen LogP contribution in [0.15, 0.2) is 6.20 Å². The monoisotopic (exact) mass is 321 g/mol. The highest BCUT2D eigenvalue weighted by molar-refractivity contribution is 7.15. The summed E-state index contributed by atoms with van der Waals surface area (Å²) in [5.74, 6) is -0.0926. The van der Waals surface area contributed by atoms with Crippen LogP contribution in [0, 0.1) is 0 Å². The van der Waals surface area contributed by atoms with Crippen molar-refractivity contribution in [2.45, 2.75) is 45.5 Å². The average molecular weight is 321 g/mol. The van der Waals surface area contributed by atoms with Gasteiger partial charge >= 0.3 is 6.18 Å². The molecule has 1 aliphatic rings. The Hall–Kier alpha value is -1.31. The van der Waals surface area contributed by atoms with Crippen LogP contribution in [0.4, 0.5) is 18.3 Å². The van der Waals surface area contributed by atoms with Crippen LogP contribution in [0.25, 0.3) is 0 Å². The number of hydrogen-bond acceptors (Lipinski definition) is 4. The Morgan fingerprint density at radius 2 is 2.00 bits per heavy atom. The van der Waals surface area contributed by atoms with E-state index in [1.807, 2.05) is 27.7 Å². The Labute approximate surface area is 125 Å². The van der Waals surface area contributed by atoms with Gasteiger partial charge in [0.25, 0.3) is 0 Å². The molecule has 0 bridgehead atoms. The van der Waals surface area contributed by atoms with E-state index in [0.29, 0.717) is 17.9 Å². The minimum atomic E-state index is -4.39. The number of halogens is 3. The largest absolute Gasteiger partial charge is 0.427 e. The number of alkyl halides is 3. The number of carbonyl (C=O) groups is 1. The predicted molar refractivity (Wildman–Crippen MR) is 75.4 cm³/mol. The van der Waals surface area contributed by atoms with E-state index >= 15 is 0 Å². The Morgan fingerprint density at radius 3 is 2.43 bits per heavy atom. The number of aromatic nitrogens is 1. The Balaban J connectivity index is 2.24. The fraction of sp³-hybridized carbons (Fsp3) is 0.692. The molecule has 1 aromatic rings. The van der Waals surface area contributed by atoms with Crippen molar-refractivity contribution in [3.63, 3.8) is 0 Å². The first-order valence-electron chi connectivity index (χ1n) is 6.62. The van der Waals surface area contributed by atoms with E-state index < -0.39 is 16.6 Å². The van der Waals surface area contributed by atoms with E-state index in [1.54, 1.807) is 9.80 Å². The van der Waals surface area contributed by atoms with Crippen LogP contribution in [0.5, 0.6) is 0 Å². The van der Waals surface area contributed by atoms with Crippen LogP contribution in [-0.2, 0) is 11.0 Å². The number of anilines is 1. The van der Waals surface area contributed by atoms with Gasteiger partial charge < -0.3 is 9.80 Å². The van der Waals surface area contributed by atoms with Crippen molar-refractivity contribution in [2.24, 2.45) is 0 Å². The summed E-state index contributed by atoms with van der Waals surface area (Å²) in [7, 11) is 0. The molecule has 0 radical (unpaired) electrons. The average Bonchev–Trinajstić information content (AvgIpc) is 2.74. The van der Waals surface area contributed by atoms with Gasteiger partial charge in [0.05, 0.1) is 18.3 Å². The number of thiazole rings is 1. The zero-order valence-electron chi connectivity index (χ0n) is 12.4. The normalized spacial score (nSPS) is 19.5. The molecule has 1 saturated heterocycles. The first kappa shape index (κ1) is 16.1. The molecule has 2 heterocycles. The van der Waals surface area contributed by atoms with Crippen LogP contribution in [0.1, 0.15) is 32.6 Å². The summed E-state index contributed by atoms with van der Waals surface area (Å²) in [5, 5.41) is 0.243. The highest BCUT2D eigenvalue weighted by Crippen LogP contribution is 2.37. The van der Waals surface area contributed by atoms with E-state index in [2.05, 4.69) is 4.98 Å². The minimum absolute atomic E-state index is 0.0525. The van der Waals surface area contributed by atoms with Gasteiger partial charge in [0.1, 0.15) is 4.88 Å². The minimum Gasteiger partial charge on any atom is -0.336 e. The summed E-state index contributed by atoms with van der Waals surface area (Å²) < 4.78 is 37.9. The molecule has 0 spiro atoms. The van der Waals surface area contributed by atoms with Crippen LogP contribution in [0.3, 0.4) is 0 Å². The zero-order chi connectivity index (χ0) is 16.0. The summed E-state index contributed by atoms with van der Waals surface area (Å²) in [5.41, 5.74) is -0.451. The molecule has 1 fully saturated rings. The van der Waals surface area contributed by atoms with Crippen LogP contribution in [0.2, 0.25) is 0 Å². The van der Waals surface area contributed by atoms with Gasteiger partial charge in [0, 0.05) is 12.6 Å². The van der Waals surface area contributed by atoms with Crippen molar-refractivity contribution >= 4 is 22.4 Å². The van der Waals surface area contributed by atoms with Gasteiger partial charge in [-0.25, -0.2) is 4.98 Å². The van der Waals surface area contributed by atoms with Gasteiger partial charge in [-0.1, -0.05) is 11.3 Å². The predicted octanol–water partition coefficient (Wildman–Crippen LogP) is 3.00. The molecule has 21 heavy (non-hydrogen) atoms. The summed E-state index contributed by atoms with van der Waals surface area (Å²) in [4.78, 5) is 18.8. The lowest BCUT2D eigenvalue weighted by Gasteiger charge is -2.48. The molecule has 1 amide bonds. The highest BCUT2D eigenvalue weighted by Gasteiger charge is 2.41.